The quantitative estimate of drug-likeness (QED) is 0.872. The van der Waals surface area contributed by atoms with Crippen LogP contribution >= 0.6 is 11.8 Å². The van der Waals surface area contributed by atoms with Crippen LogP contribution in [0.15, 0.2) is 29.4 Å². The largest absolute Gasteiger partial charge is 0.355 e. The highest BCUT2D eigenvalue weighted by molar-refractivity contribution is 8.00. The van der Waals surface area contributed by atoms with Crippen LogP contribution in [-0.2, 0) is 4.79 Å². The number of para-hydroxylation sites is 2. The molecule has 1 aliphatic rings. The van der Waals surface area contributed by atoms with E-state index in [2.05, 4.69) is 15.3 Å². The Hall–Kier alpha value is -1.49. The van der Waals surface area contributed by atoms with Crippen molar-refractivity contribution in [1.82, 2.24) is 15.3 Å². The van der Waals surface area contributed by atoms with Crippen LogP contribution in [0.2, 0.25) is 0 Å². The van der Waals surface area contributed by atoms with E-state index >= 15 is 0 Å². The normalized spacial score (nSPS) is 20.7. The molecular weight excluding hydrogens is 246 g/mol. The number of fused-ring (bicyclic) bond motifs is 1. The van der Waals surface area contributed by atoms with E-state index in [1.165, 1.54) is 11.8 Å². The summed E-state index contributed by atoms with van der Waals surface area (Å²) < 4.78 is 0. The molecule has 1 aromatic carbocycles. The first-order valence-electron chi connectivity index (χ1n) is 6.22. The summed E-state index contributed by atoms with van der Waals surface area (Å²) in [7, 11) is 0. The van der Waals surface area contributed by atoms with Gasteiger partial charge in [-0.25, -0.2) is 4.98 Å². The summed E-state index contributed by atoms with van der Waals surface area (Å²) in [6, 6.07) is 7.92. The zero-order chi connectivity index (χ0) is 12.4. The number of amides is 1. The van der Waals surface area contributed by atoms with Crippen LogP contribution in [0.3, 0.4) is 0 Å². The Morgan fingerprint density at radius 3 is 3.06 bits per heavy atom. The average molecular weight is 261 g/mol. The number of hydrogen-bond donors (Lipinski definition) is 2. The van der Waals surface area contributed by atoms with Crippen LogP contribution in [-0.4, -0.2) is 27.7 Å². The van der Waals surface area contributed by atoms with Crippen molar-refractivity contribution < 1.29 is 4.79 Å². The average Bonchev–Trinajstić information content (AvgIpc) is 2.68. The molecule has 4 nitrogen and oxygen atoms in total. The molecule has 0 spiro atoms. The Labute approximate surface area is 110 Å². The van der Waals surface area contributed by atoms with E-state index in [0.717, 1.165) is 42.0 Å². The SMILES string of the molecule is O=C1NCCCC[C@H]1Sc1nc2ccccc2[nH]1. The van der Waals surface area contributed by atoms with Crippen molar-refractivity contribution >= 4 is 28.7 Å². The van der Waals surface area contributed by atoms with Gasteiger partial charge in [-0.1, -0.05) is 30.3 Å². The molecule has 5 heteroatoms. The van der Waals surface area contributed by atoms with E-state index in [-0.39, 0.29) is 11.2 Å². The number of aromatic amines is 1. The predicted molar refractivity (Wildman–Crippen MR) is 72.6 cm³/mol. The van der Waals surface area contributed by atoms with E-state index in [1.807, 2.05) is 24.3 Å². The van der Waals surface area contributed by atoms with Gasteiger partial charge in [0.15, 0.2) is 5.16 Å². The number of carbonyl (C=O) groups is 1. The van der Waals surface area contributed by atoms with E-state index in [4.69, 9.17) is 0 Å². The van der Waals surface area contributed by atoms with Crippen molar-refractivity contribution in [3.05, 3.63) is 24.3 Å². The maximum atomic E-state index is 11.9. The highest BCUT2D eigenvalue weighted by Crippen LogP contribution is 2.27. The molecule has 2 N–H and O–H groups in total. The van der Waals surface area contributed by atoms with E-state index in [9.17, 15) is 4.79 Å². The van der Waals surface area contributed by atoms with Crippen molar-refractivity contribution in [3.8, 4) is 0 Å². The number of H-pyrrole nitrogens is 1. The lowest BCUT2D eigenvalue weighted by molar-refractivity contribution is -0.120. The van der Waals surface area contributed by atoms with Gasteiger partial charge in [0.2, 0.25) is 5.91 Å². The second-order valence-electron chi connectivity index (χ2n) is 4.45. The molecule has 1 atom stereocenters. The molecule has 18 heavy (non-hydrogen) atoms. The Balaban J connectivity index is 1.80. The van der Waals surface area contributed by atoms with Crippen LogP contribution in [0.4, 0.5) is 0 Å². The van der Waals surface area contributed by atoms with E-state index < -0.39 is 0 Å². The lowest BCUT2D eigenvalue weighted by atomic mass is 10.2. The van der Waals surface area contributed by atoms with Gasteiger partial charge in [0.05, 0.1) is 16.3 Å². The number of hydrogen-bond acceptors (Lipinski definition) is 3. The van der Waals surface area contributed by atoms with Gasteiger partial charge in [0.25, 0.3) is 0 Å². The summed E-state index contributed by atoms with van der Waals surface area (Å²) in [5, 5.41) is 3.76. The molecule has 0 unspecified atom stereocenters. The maximum Gasteiger partial charge on any atom is 0.233 e. The van der Waals surface area contributed by atoms with Crippen LogP contribution in [0.1, 0.15) is 19.3 Å². The number of nitrogens with one attached hydrogen (secondary N) is 2. The Kier molecular flexibility index (Phi) is 3.23. The highest BCUT2D eigenvalue weighted by Gasteiger charge is 2.22. The lowest BCUT2D eigenvalue weighted by Crippen LogP contribution is -2.30. The molecule has 1 aliphatic heterocycles. The number of rotatable bonds is 2. The first-order chi connectivity index (χ1) is 8.83. The van der Waals surface area contributed by atoms with Crippen LogP contribution < -0.4 is 5.32 Å². The molecule has 1 amide bonds. The van der Waals surface area contributed by atoms with Crippen molar-refractivity contribution in [2.24, 2.45) is 0 Å². The first-order valence-corrected chi connectivity index (χ1v) is 7.10. The molecule has 3 rings (SSSR count). The molecular formula is C13H15N3OS. The van der Waals surface area contributed by atoms with E-state index in [0.29, 0.717) is 0 Å². The fraction of sp³-hybridized carbons (Fsp3) is 0.385. The first kappa shape index (κ1) is 11.6. The summed E-state index contributed by atoms with van der Waals surface area (Å²) in [5.74, 6) is 0.137. The predicted octanol–water partition coefficient (Wildman–Crippen LogP) is 2.32. The molecule has 1 saturated heterocycles. The second kappa shape index (κ2) is 5.02. The summed E-state index contributed by atoms with van der Waals surface area (Å²) >= 11 is 1.53. The molecule has 0 radical (unpaired) electrons. The third kappa shape index (κ3) is 2.36. The number of benzene rings is 1. The Bertz CT molecular complexity index is 533. The van der Waals surface area contributed by atoms with E-state index in [1.54, 1.807) is 0 Å². The van der Waals surface area contributed by atoms with Crippen molar-refractivity contribution in [1.29, 1.82) is 0 Å². The number of imidazole rings is 1. The summed E-state index contributed by atoms with van der Waals surface area (Å²) in [5.41, 5.74) is 1.98. The van der Waals surface area contributed by atoms with Crippen molar-refractivity contribution in [2.45, 2.75) is 29.7 Å². The number of carbonyl (C=O) groups excluding carboxylic acids is 1. The van der Waals surface area contributed by atoms with Gasteiger partial charge >= 0.3 is 0 Å². The molecule has 0 bridgehead atoms. The monoisotopic (exact) mass is 261 g/mol. The zero-order valence-electron chi connectivity index (χ0n) is 9.98. The minimum absolute atomic E-state index is 0.0203. The van der Waals surface area contributed by atoms with Gasteiger partial charge in [0.1, 0.15) is 0 Å². The third-order valence-electron chi connectivity index (χ3n) is 3.11. The minimum Gasteiger partial charge on any atom is -0.355 e. The number of thioether (sulfide) groups is 1. The molecule has 1 fully saturated rings. The van der Waals surface area contributed by atoms with Crippen LogP contribution in [0.5, 0.6) is 0 Å². The summed E-state index contributed by atoms with van der Waals surface area (Å²) in [6.07, 6.45) is 3.09. The number of nitrogens with zero attached hydrogens (tertiary/aromatic N) is 1. The topological polar surface area (TPSA) is 57.8 Å². The molecule has 0 saturated carbocycles. The van der Waals surface area contributed by atoms with Gasteiger partial charge in [-0.15, -0.1) is 0 Å². The fourth-order valence-corrected chi connectivity index (χ4v) is 3.21. The molecule has 94 valence electrons. The standard InChI is InChI=1S/C13H15N3OS/c17-12-11(7-3-4-8-14-12)18-13-15-9-5-1-2-6-10(9)16-13/h1-2,5-6,11H,3-4,7-8H2,(H,14,17)(H,15,16)/t11-/m1/s1. The van der Waals surface area contributed by atoms with Crippen molar-refractivity contribution in [2.75, 3.05) is 6.54 Å². The highest BCUT2D eigenvalue weighted by atomic mass is 32.2. The Morgan fingerprint density at radius 2 is 2.17 bits per heavy atom. The smallest absolute Gasteiger partial charge is 0.233 e. The summed E-state index contributed by atoms with van der Waals surface area (Å²) in [6.45, 7) is 0.802. The molecule has 0 aliphatic carbocycles. The molecule has 2 aromatic rings. The maximum absolute atomic E-state index is 11.9. The van der Waals surface area contributed by atoms with Gasteiger partial charge in [0, 0.05) is 6.54 Å². The lowest BCUT2D eigenvalue weighted by Gasteiger charge is -2.09. The molecule has 1 aromatic heterocycles. The van der Waals surface area contributed by atoms with Crippen molar-refractivity contribution in [3.63, 3.8) is 0 Å². The van der Waals surface area contributed by atoms with Gasteiger partial charge in [-0.2, -0.15) is 0 Å². The summed E-state index contributed by atoms with van der Waals surface area (Å²) in [4.78, 5) is 19.6. The third-order valence-corrected chi connectivity index (χ3v) is 4.26. The van der Waals surface area contributed by atoms with Gasteiger partial charge < -0.3 is 10.3 Å². The van der Waals surface area contributed by atoms with Gasteiger partial charge in [-0.05, 0) is 25.0 Å². The molecule has 2 heterocycles. The fourth-order valence-electron chi connectivity index (χ4n) is 2.14. The Morgan fingerprint density at radius 1 is 1.28 bits per heavy atom. The zero-order valence-corrected chi connectivity index (χ0v) is 10.8. The second-order valence-corrected chi connectivity index (χ2v) is 5.64. The number of aromatic nitrogens is 2. The van der Waals surface area contributed by atoms with Crippen LogP contribution in [0.25, 0.3) is 11.0 Å². The van der Waals surface area contributed by atoms with Crippen LogP contribution in [0, 0.1) is 0 Å². The van der Waals surface area contributed by atoms with Gasteiger partial charge in [-0.3, -0.25) is 4.79 Å². The minimum atomic E-state index is -0.0203.